The molecule has 0 unspecified atom stereocenters. The molecule has 1 aliphatic rings. The summed E-state index contributed by atoms with van der Waals surface area (Å²) in [4.78, 5) is 8.26. The fraction of sp³-hybridized carbons (Fsp3) is 0.308. The van der Waals surface area contributed by atoms with Crippen LogP contribution in [0.1, 0.15) is 32.3 Å². The van der Waals surface area contributed by atoms with Gasteiger partial charge in [0.15, 0.2) is 0 Å². The summed E-state index contributed by atoms with van der Waals surface area (Å²) in [5, 5.41) is 6.86. The van der Waals surface area contributed by atoms with E-state index in [9.17, 15) is 21.6 Å². The van der Waals surface area contributed by atoms with E-state index in [1.54, 1.807) is 36.4 Å². The molecule has 0 bridgehead atoms. The second kappa shape index (κ2) is 9.65. The van der Waals surface area contributed by atoms with Gasteiger partial charge in [-0.2, -0.15) is 13.2 Å². The third-order valence-corrected chi connectivity index (χ3v) is 8.84. The predicted molar refractivity (Wildman–Crippen MR) is 143 cm³/mol. The average molecular weight is 608 g/mol. The number of anilines is 1. The molecule has 0 radical (unpaired) electrons. The van der Waals surface area contributed by atoms with Crippen molar-refractivity contribution in [3.05, 3.63) is 71.0 Å². The first kappa shape index (κ1) is 26.6. The van der Waals surface area contributed by atoms with Gasteiger partial charge in [-0.25, -0.2) is 22.4 Å². The Morgan fingerprint density at radius 2 is 1.89 bits per heavy atom. The molecule has 2 aromatic heterocycles. The molecule has 4 aromatic rings. The van der Waals surface area contributed by atoms with Crippen LogP contribution in [0.5, 0.6) is 0 Å². The van der Waals surface area contributed by atoms with E-state index >= 15 is 0 Å². The Bertz CT molecular complexity index is 1590. The number of hydrogen-bond acceptors (Lipinski definition) is 6. The predicted octanol–water partition coefficient (Wildman–Crippen LogP) is 6.06. The topological polar surface area (TPSA) is 88.9 Å². The Balaban J connectivity index is 1.66. The highest BCUT2D eigenvalue weighted by atomic mass is 79.9. The van der Waals surface area contributed by atoms with Crippen molar-refractivity contribution >= 4 is 42.8 Å². The van der Waals surface area contributed by atoms with Crippen molar-refractivity contribution in [2.75, 3.05) is 11.9 Å². The molecule has 1 aliphatic heterocycles. The van der Waals surface area contributed by atoms with E-state index < -0.39 is 27.5 Å². The third-order valence-electron chi connectivity index (χ3n) is 6.66. The Hall–Kier alpha value is -2.96. The summed E-state index contributed by atoms with van der Waals surface area (Å²) >= 11 is 3.35. The lowest BCUT2D eigenvalue weighted by atomic mass is 9.91. The van der Waals surface area contributed by atoms with Gasteiger partial charge in [-0.1, -0.05) is 40.2 Å². The summed E-state index contributed by atoms with van der Waals surface area (Å²) in [5.74, 6) is 0.0448. The summed E-state index contributed by atoms with van der Waals surface area (Å²) in [6.45, 7) is 4.79. The monoisotopic (exact) mass is 607 g/mol. The van der Waals surface area contributed by atoms with Gasteiger partial charge in [0.25, 0.3) is 10.0 Å². The smallest absolute Gasteiger partial charge is 0.350 e. The van der Waals surface area contributed by atoms with Gasteiger partial charge in [0.1, 0.15) is 5.56 Å². The van der Waals surface area contributed by atoms with Crippen molar-refractivity contribution in [2.45, 2.75) is 49.3 Å². The SMILES string of the molecule is CC1(C)CC[C@H](Nc2ncc(C(F)(F)F)c(-c3cn(S(=O)(=O)c4ccccc4)c4cc(Br)ccc34)n2)CN1. The molecule has 7 nitrogen and oxygen atoms in total. The average Bonchev–Trinajstić information content (AvgIpc) is 3.24. The first-order valence-corrected chi connectivity index (χ1v) is 14.2. The van der Waals surface area contributed by atoms with Crippen LogP contribution in [0.4, 0.5) is 19.1 Å². The van der Waals surface area contributed by atoms with E-state index in [2.05, 4.69) is 50.4 Å². The number of rotatable bonds is 5. The van der Waals surface area contributed by atoms with E-state index in [0.717, 1.165) is 23.0 Å². The van der Waals surface area contributed by atoms with E-state index in [0.29, 0.717) is 16.4 Å². The van der Waals surface area contributed by atoms with Crippen LogP contribution in [0.2, 0.25) is 0 Å². The number of alkyl halides is 3. The summed E-state index contributed by atoms with van der Waals surface area (Å²) < 4.78 is 71.1. The maximum atomic E-state index is 14.1. The first-order valence-electron chi connectivity index (χ1n) is 11.9. The summed E-state index contributed by atoms with van der Waals surface area (Å²) in [6.07, 6.45) is -1.14. The molecule has 0 amide bonds. The molecule has 0 saturated carbocycles. The maximum Gasteiger partial charge on any atom is 0.419 e. The Morgan fingerprint density at radius 1 is 1.16 bits per heavy atom. The fourth-order valence-electron chi connectivity index (χ4n) is 4.56. The number of halogens is 4. The number of aromatic nitrogens is 3. The lowest BCUT2D eigenvalue weighted by molar-refractivity contribution is -0.137. The van der Waals surface area contributed by atoms with Gasteiger partial charge in [0.2, 0.25) is 5.95 Å². The third kappa shape index (κ3) is 5.16. The van der Waals surface area contributed by atoms with Crippen LogP contribution < -0.4 is 10.6 Å². The van der Waals surface area contributed by atoms with Crippen LogP contribution in [-0.4, -0.2) is 40.5 Å². The van der Waals surface area contributed by atoms with Crippen LogP contribution in [0, 0.1) is 0 Å². The van der Waals surface area contributed by atoms with E-state index in [1.165, 1.54) is 18.3 Å². The zero-order valence-corrected chi connectivity index (χ0v) is 23.0. The van der Waals surface area contributed by atoms with Crippen molar-refractivity contribution in [1.29, 1.82) is 0 Å². The summed E-state index contributed by atoms with van der Waals surface area (Å²) in [5.41, 5.74) is -1.21. The van der Waals surface area contributed by atoms with Crippen LogP contribution in [0.3, 0.4) is 0 Å². The number of fused-ring (bicyclic) bond motifs is 1. The Labute approximate surface area is 226 Å². The maximum absolute atomic E-state index is 14.1. The van der Waals surface area contributed by atoms with Crippen LogP contribution in [0.15, 0.2) is 70.3 Å². The molecule has 12 heteroatoms. The molecule has 0 aliphatic carbocycles. The van der Waals surface area contributed by atoms with Crippen LogP contribution in [-0.2, 0) is 16.2 Å². The molecule has 38 heavy (non-hydrogen) atoms. The zero-order chi connectivity index (χ0) is 27.3. The lowest BCUT2D eigenvalue weighted by Gasteiger charge is -2.36. The van der Waals surface area contributed by atoms with Crippen molar-refractivity contribution < 1.29 is 21.6 Å². The largest absolute Gasteiger partial charge is 0.419 e. The molecule has 1 atom stereocenters. The molecular weight excluding hydrogens is 583 g/mol. The fourth-order valence-corrected chi connectivity index (χ4v) is 6.29. The second-order valence-corrected chi connectivity index (χ2v) is 12.6. The normalized spacial score (nSPS) is 18.0. The number of benzene rings is 2. The van der Waals surface area contributed by atoms with Gasteiger partial charge in [-0.15, -0.1) is 0 Å². The van der Waals surface area contributed by atoms with Crippen molar-refractivity contribution in [2.24, 2.45) is 0 Å². The van der Waals surface area contributed by atoms with Gasteiger partial charge < -0.3 is 10.6 Å². The Morgan fingerprint density at radius 3 is 2.55 bits per heavy atom. The number of nitrogens with zero attached hydrogens (tertiary/aromatic N) is 3. The van der Waals surface area contributed by atoms with Crippen LogP contribution in [0.25, 0.3) is 22.2 Å². The minimum atomic E-state index is -4.76. The van der Waals surface area contributed by atoms with Gasteiger partial charge >= 0.3 is 6.18 Å². The zero-order valence-electron chi connectivity index (χ0n) is 20.6. The number of nitrogens with one attached hydrogen (secondary N) is 2. The molecule has 2 N–H and O–H groups in total. The highest BCUT2D eigenvalue weighted by Gasteiger charge is 2.37. The minimum absolute atomic E-state index is 0.0113. The molecule has 2 aromatic carbocycles. The molecular formula is C26H25BrF3N5O2S. The van der Waals surface area contributed by atoms with Gasteiger partial charge in [-0.05, 0) is 51.0 Å². The highest BCUT2D eigenvalue weighted by molar-refractivity contribution is 9.10. The minimum Gasteiger partial charge on any atom is -0.350 e. The van der Waals surface area contributed by atoms with Gasteiger partial charge in [0.05, 0.1) is 16.1 Å². The number of piperidine rings is 1. The molecule has 0 spiro atoms. The molecule has 1 fully saturated rings. The van der Waals surface area contributed by atoms with Crippen LogP contribution >= 0.6 is 15.9 Å². The quantitative estimate of drug-likeness (QED) is 0.287. The first-order chi connectivity index (χ1) is 17.8. The van der Waals surface area contributed by atoms with E-state index in [1.807, 2.05) is 0 Å². The molecule has 5 rings (SSSR count). The van der Waals surface area contributed by atoms with Crippen molar-refractivity contribution in [3.8, 4) is 11.3 Å². The van der Waals surface area contributed by atoms with Gasteiger partial charge in [-0.3, -0.25) is 0 Å². The number of hydrogen-bond donors (Lipinski definition) is 2. The summed E-state index contributed by atoms with van der Waals surface area (Å²) in [6, 6.07) is 12.4. The molecule has 1 saturated heterocycles. The lowest BCUT2D eigenvalue weighted by Crippen LogP contribution is -2.50. The van der Waals surface area contributed by atoms with Gasteiger partial charge in [0, 0.05) is 45.9 Å². The molecule has 3 heterocycles. The second-order valence-electron chi connectivity index (χ2n) is 9.92. The molecule has 200 valence electrons. The van der Waals surface area contributed by atoms with E-state index in [-0.39, 0.29) is 33.5 Å². The summed E-state index contributed by atoms with van der Waals surface area (Å²) in [7, 11) is -4.11. The highest BCUT2D eigenvalue weighted by Crippen LogP contribution is 2.41. The van der Waals surface area contributed by atoms with E-state index in [4.69, 9.17) is 0 Å². The Kier molecular flexibility index (Phi) is 6.77. The van der Waals surface area contributed by atoms with Crippen molar-refractivity contribution in [1.82, 2.24) is 19.3 Å². The standard InChI is InChI=1S/C26H25BrF3N5O2S/c1-25(2)11-10-17(13-32-25)33-24-31-14-21(26(28,29)30)23(34-24)20-15-35(22-12-16(27)8-9-19(20)22)38(36,37)18-6-4-3-5-7-18/h3-9,12,14-15,17,32H,10-11,13H2,1-2H3,(H,31,33,34)/t17-/m0/s1. The van der Waals surface area contributed by atoms with Crippen molar-refractivity contribution in [3.63, 3.8) is 0 Å².